The van der Waals surface area contributed by atoms with Crippen LogP contribution in [0.4, 0.5) is 0 Å². The quantitative estimate of drug-likeness (QED) is 0.587. The standard InChI is InChI=1S/C28H35NO5/c1-20-4-9-25-24(16-20)26(30)29(27(25)10-12-28(13-11-27)33-14-15-34-28)17-21(2)18-32-19-22-5-7-23(31-3)8-6-22/h4-9,16,21H,10-15,17-19H2,1-3H3/t21-/m1/s1. The van der Waals surface area contributed by atoms with Crippen LogP contribution < -0.4 is 4.74 Å². The molecule has 0 bridgehead atoms. The number of methoxy groups -OCH3 is 1. The van der Waals surface area contributed by atoms with Crippen molar-refractivity contribution in [2.45, 2.75) is 57.5 Å². The van der Waals surface area contributed by atoms with Gasteiger partial charge in [0.1, 0.15) is 5.75 Å². The fourth-order valence-electron chi connectivity index (χ4n) is 5.82. The van der Waals surface area contributed by atoms with Crippen molar-refractivity contribution in [3.05, 3.63) is 64.7 Å². The second kappa shape index (κ2) is 9.33. The van der Waals surface area contributed by atoms with Crippen LogP contribution in [0, 0.1) is 12.8 Å². The van der Waals surface area contributed by atoms with Crippen molar-refractivity contribution in [3.8, 4) is 5.75 Å². The van der Waals surface area contributed by atoms with Crippen molar-refractivity contribution in [2.75, 3.05) is 33.5 Å². The van der Waals surface area contributed by atoms with E-state index in [1.807, 2.05) is 24.3 Å². The average molecular weight is 466 g/mol. The van der Waals surface area contributed by atoms with Crippen LogP contribution in [-0.4, -0.2) is 50.1 Å². The number of benzene rings is 2. The Kier molecular flexibility index (Phi) is 6.40. The van der Waals surface area contributed by atoms with Crippen molar-refractivity contribution in [2.24, 2.45) is 5.92 Å². The zero-order valence-electron chi connectivity index (χ0n) is 20.5. The fraction of sp³-hybridized carbons (Fsp3) is 0.536. The second-order valence-electron chi connectivity index (χ2n) is 10.1. The Bertz CT molecular complexity index is 1020. The summed E-state index contributed by atoms with van der Waals surface area (Å²) in [6.45, 7) is 7.35. The van der Waals surface area contributed by atoms with Gasteiger partial charge in [-0.2, -0.15) is 0 Å². The number of nitrogens with zero attached hydrogens (tertiary/aromatic N) is 1. The maximum atomic E-state index is 13.6. The van der Waals surface area contributed by atoms with Crippen molar-refractivity contribution in [3.63, 3.8) is 0 Å². The largest absolute Gasteiger partial charge is 0.497 e. The molecule has 5 rings (SSSR count). The molecular formula is C28H35NO5. The zero-order chi connectivity index (χ0) is 23.8. The molecule has 1 aliphatic carbocycles. The van der Waals surface area contributed by atoms with Crippen LogP contribution >= 0.6 is 0 Å². The topological polar surface area (TPSA) is 57.2 Å². The Labute approximate surface area is 202 Å². The molecule has 0 unspecified atom stereocenters. The summed E-state index contributed by atoms with van der Waals surface area (Å²) in [5.74, 6) is 0.738. The van der Waals surface area contributed by atoms with E-state index in [4.69, 9.17) is 18.9 Å². The molecule has 6 nitrogen and oxygen atoms in total. The molecule has 6 heteroatoms. The SMILES string of the molecule is COc1ccc(COC[C@H](C)CN2C(=O)c3cc(C)ccc3C23CCC2(CC3)OCCO2)cc1. The van der Waals surface area contributed by atoms with E-state index in [0.29, 0.717) is 33.0 Å². The van der Waals surface area contributed by atoms with Gasteiger partial charge in [-0.3, -0.25) is 4.79 Å². The highest BCUT2D eigenvalue weighted by Gasteiger charge is 2.55. The zero-order valence-corrected chi connectivity index (χ0v) is 20.5. The number of aryl methyl sites for hydroxylation is 1. The van der Waals surface area contributed by atoms with Crippen LogP contribution in [0.25, 0.3) is 0 Å². The first kappa shape index (κ1) is 23.3. The van der Waals surface area contributed by atoms with Crippen LogP contribution in [0.5, 0.6) is 5.75 Å². The van der Waals surface area contributed by atoms with Crippen molar-refractivity contribution in [1.29, 1.82) is 0 Å². The van der Waals surface area contributed by atoms with Gasteiger partial charge in [-0.25, -0.2) is 0 Å². The highest BCUT2D eigenvalue weighted by atomic mass is 16.7. The molecule has 2 spiro atoms. The van der Waals surface area contributed by atoms with Crippen LogP contribution in [0.3, 0.4) is 0 Å². The molecule has 0 radical (unpaired) electrons. The van der Waals surface area contributed by atoms with E-state index < -0.39 is 5.79 Å². The maximum Gasteiger partial charge on any atom is 0.254 e. The van der Waals surface area contributed by atoms with Gasteiger partial charge in [-0.1, -0.05) is 36.8 Å². The highest BCUT2D eigenvalue weighted by Crippen LogP contribution is 2.52. The molecule has 1 amide bonds. The van der Waals surface area contributed by atoms with Gasteiger partial charge in [0.05, 0.1) is 39.1 Å². The Morgan fingerprint density at radius 2 is 1.74 bits per heavy atom. The molecule has 1 atom stereocenters. The van der Waals surface area contributed by atoms with E-state index in [-0.39, 0.29) is 17.4 Å². The number of carbonyl (C=O) groups is 1. The third kappa shape index (κ3) is 4.23. The summed E-state index contributed by atoms with van der Waals surface area (Å²) in [6, 6.07) is 14.3. The maximum absolute atomic E-state index is 13.6. The Morgan fingerprint density at radius 1 is 1.03 bits per heavy atom. The minimum Gasteiger partial charge on any atom is -0.497 e. The lowest BCUT2D eigenvalue weighted by Gasteiger charge is -2.47. The van der Waals surface area contributed by atoms with Crippen molar-refractivity contribution in [1.82, 2.24) is 4.90 Å². The van der Waals surface area contributed by atoms with Gasteiger partial charge in [0, 0.05) is 24.9 Å². The predicted molar refractivity (Wildman–Crippen MR) is 129 cm³/mol. The summed E-state index contributed by atoms with van der Waals surface area (Å²) in [5.41, 5.74) is 3.97. The summed E-state index contributed by atoms with van der Waals surface area (Å²) in [7, 11) is 1.67. The first-order valence-corrected chi connectivity index (χ1v) is 12.4. The normalized spacial score (nSPS) is 21.3. The summed E-state index contributed by atoms with van der Waals surface area (Å²) >= 11 is 0. The van der Waals surface area contributed by atoms with Crippen LogP contribution in [0.15, 0.2) is 42.5 Å². The number of ether oxygens (including phenoxy) is 4. The Hall–Kier alpha value is -2.41. The molecule has 34 heavy (non-hydrogen) atoms. The van der Waals surface area contributed by atoms with E-state index in [9.17, 15) is 4.79 Å². The van der Waals surface area contributed by atoms with Gasteiger partial charge < -0.3 is 23.8 Å². The van der Waals surface area contributed by atoms with Crippen LogP contribution in [0.2, 0.25) is 0 Å². The molecule has 3 aliphatic rings. The molecule has 0 aromatic heterocycles. The third-order valence-electron chi connectivity index (χ3n) is 7.65. The van der Waals surface area contributed by atoms with Crippen molar-refractivity contribution < 1.29 is 23.7 Å². The molecule has 2 heterocycles. The molecule has 182 valence electrons. The minimum absolute atomic E-state index is 0.143. The summed E-state index contributed by atoms with van der Waals surface area (Å²) in [6.07, 6.45) is 3.33. The van der Waals surface area contributed by atoms with Gasteiger partial charge in [-0.15, -0.1) is 0 Å². The number of hydrogen-bond donors (Lipinski definition) is 0. The van der Waals surface area contributed by atoms with Gasteiger partial charge in [-0.05, 0) is 55.0 Å². The van der Waals surface area contributed by atoms with Gasteiger partial charge in [0.25, 0.3) is 5.91 Å². The Morgan fingerprint density at radius 3 is 2.41 bits per heavy atom. The molecule has 1 saturated carbocycles. The van der Waals surface area contributed by atoms with Gasteiger partial charge in [0.15, 0.2) is 5.79 Å². The fourth-order valence-corrected chi connectivity index (χ4v) is 5.82. The van der Waals surface area contributed by atoms with E-state index in [2.05, 4.69) is 36.9 Å². The average Bonchev–Trinajstić information content (AvgIpc) is 3.39. The summed E-state index contributed by atoms with van der Waals surface area (Å²) < 4.78 is 23.2. The van der Waals surface area contributed by atoms with Crippen molar-refractivity contribution >= 4 is 5.91 Å². The molecule has 2 aliphatic heterocycles. The second-order valence-corrected chi connectivity index (χ2v) is 10.1. The van der Waals surface area contributed by atoms with Gasteiger partial charge >= 0.3 is 0 Å². The number of rotatable bonds is 7. The first-order chi connectivity index (χ1) is 16.4. The lowest BCUT2D eigenvalue weighted by Crippen LogP contribution is -2.51. The lowest BCUT2D eigenvalue weighted by molar-refractivity contribution is -0.193. The first-order valence-electron chi connectivity index (χ1n) is 12.4. The van der Waals surface area contributed by atoms with Gasteiger partial charge in [0.2, 0.25) is 0 Å². The highest BCUT2D eigenvalue weighted by molar-refractivity contribution is 6.00. The molecule has 2 fully saturated rings. The molecule has 2 aromatic rings. The Balaban J connectivity index is 1.28. The monoisotopic (exact) mass is 465 g/mol. The summed E-state index contributed by atoms with van der Waals surface area (Å²) in [4.78, 5) is 15.8. The minimum atomic E-state index is -0.458. The van der Waals surface area contributed by atoms with Crippen LogP contribution in [-0.2, 0) is 26.4 Å². The number of amides is 1. The van der Waals surface area contributed by atoms with Crippen LogP contribution in [0.1, 0.15) is 59.7 Å². The lowest BCUT2D eigenvalue weighted by atomic mass is 9.74. The molecule has 2 aromatic carbocycles. The smallest absolute Gasteiger partial charge is 0.254 e. The molecule has 0 N–H and O–H groups in total. The number of hydrogen-bond acceptors (Lipinski definition) is 5. The predicted octanol–water partition coefficient (Wildman–Crippen LogP) is 4.82. The number of fused-ring (bicyclic) bond motifs is 2. The van der Waals surface area contributed by atoms with E-state index in [0.717, 1.165) is 48.1 Å². The van der Waals surface area contributed by atoms with E-state index >= 15 is 0 Å². The summed E-state index contributed by atoms with van der Waals surface area (Å²) in [5, 5.41) is 0. The number of carbonyl (C=O) groups excluding carboxylic acids is 1. The van der Waals surface area contributed by atoms with E-state index in [1.54, 1.807) is 7.11 Å². The third-order valence-corrected chi connectivity index (χ3v) is 7.65. The van der Waals surface area contributed by atoms with E-state index in [1.165, 1.54) is 5.56 Å². The molecular weight excluding hydrogens is 430 g/mol. The molecule has 1 saturated heterocycles.